The van der Waals surface area contributed by atoms with Crippen molar-refractivity contribution in [3.63, 3.8) is 0 Å². The number of aryl methyl sites for hydroxylation is 1. The molecule has 1 aliphatic heterocycles. The second-order valence-electron chi connectivity index (χ2n) is 6.98. The number of oxime groups is 1. The van der Waals surface area contributed by atoms with Crippen LogP contribution < -0.4 is 0 Å². The van der Waals surface area contributed by atoms with Crippen LogP contribution in [0.4, 0.5) is 39.5 Å². The summed E-state index contributed by atoms with van der Waals surface area (Å²) in [4.78, 5) is 4.58. The van der Waals surface area contributed by atoms with E-state index < -0.39 is 47.2 Å². The molecule has 2 aromatic carbocycles. The maximum atomic E-state index is 14.0. The molecule has 0 fully saturated rings. The monoisotopic (exact) mass is 455 g/mol. The van der Waals surface area contributed by atoms with Gasteiger partial charge in [-0.25, -0.2) is 0 Å². The van der Waals surface area contributed by atoms with Crippen LogP contribution in [0.5, 0.6) is 0 Å². The third kappa shape index (κ3) is 4.35. The predicted octanol–water partition coefficient (Wildman–Crippen LogP) is 6.87. The lowest BCUT2D eigenvalue weighted by Gasteiger charge is -2.30. The van der Waals surface area contributed by atoms with Gasteiger partial charge in [0.15, 0.2) is 0 Å². The van der Waals surface area contributed by atoms with Crippen LogP contribution in [0, 0.1) is 0 Å². The smallest absolute Gasteiger partial charge is 0.374 e. The Kier molecular flexibility index (Phi) is 5.52. The van der Waals surface area contributed by atoms with E-state index in [2.05, 4.69) is 9.99 Å². The van der Waals surface area contributed by atoms with E-state index in [4.69, 9.17) is 0 Å². The number of halogens is 9. The van der Waals surface area contributed by atoms with Gasteiger partial charge in [0.1, 0.15) is 0 Å². The molecule has 1 heterocycles. The fourth-order valence-corrected chi connectivity index (χ4v) is 3.18. The van der Waals surface area contributed by atoms with Gasteiger partial charge in [-0.2, -0.15) is 39.5 Å². The Morgan fingerprint density at radius 1 is 0.839 bits per heavy atom. The van der Waals surface area contributed by atoms with Crippen molar-refractivity contribution in [2.75, 3.05) is 0 Å². The molecule has 1 aliphatic rings. The van der Waals surface area contributed by atoms with Crippen LogP contribution in [0.2, 0.25) is 0 Å². The summed E-state index contributed by atoms with van der Waals surface area (Å²) in [7, 11) is 0. The minimum atomic E-state index is -5.35. The molecule has 0 saturated heterocycles. The van der Waals surface area contributed by atoms with Gasteiger partial charge < -0.3 is 4.84 Å². The highest BCUT2D eigenvalue weighted by molar-refractivity contribution is 6.01. The summed E-state index contributed by atoms with van der Waals surface area (Å²) < 4.78 is 121. The van der Waals surface area contributed by atoms with Gasteiger partial charge in [0.05, 0.1) is 16.8 Å². The second kappa shape index (κ2) is 7.45. The van der Waals surface area contributed by atoms with Crippen LogP contribution in [-0.4, -0.2) is 11.9 Å². The Hall–Kier alpha value is -2.72. The van der Waals surface area contributed by atoms with Gasteiger partial charge in [0.2, 0.25) is 0 Å². The summed E-state index contributed by atoms with van der Waals surface area (Å²) >= 11 is 0. The Morgan fingerprint density at radius 2 is 1.35 bits per heavy atom. The first-order chi connectivity index (χ1) is 14.2. The van der Waals surface area contributed by atoms with Crippen LogP contribution in [0.15, 0.2) is 47.6 Å². The Labute approximate surface area is 170 Å². The maximum absolute atomic E-state index is 14.0. The lowest BCUT2D eigenvalue weighted by atomic mass is 9.84. The summed E-state index contributed by atoms with van der Waals surface area (Å²) in [5, 5.41) is 3.38. The molecular formula is C20H14F9NO. The molecule has 2 nitrogen and oxygen atoms in total. The molecule has 0 aliphatic carbocycles. The average Bonchev–Trinajstić information content (AvgIpc) is 3.13. The lowest BCUT2D eigenvalue weighted by Crippen LogP contribution is -2.43. The highest BCUT2D eigenvalue weighted by Gasteiger charge is 2.63. The molecular weight excluding hydrogens is 441 g/mol. The molecule has 0 bridgehead atoms. The van der Waals surface area contributed by atoms with Crippen molar-refractivity contribution in [2.45, 2.75) is 43.9 Å². The van der Waals surface area contributed by atoms with E-state index in [0.717, 1.165) is 5.56 Å². The van der Waals surface area contributed by atoms with E-state index in [0.29, 0.717) is 6.42 Å². The summed E-state index contributed by atoms with van der Waals surface area (Å²) in [6, 6.07) is 5.95. The Morgan fingerprint density at radius 3 is 1.77 bits per heavy atom. The zero-order valence-electron chi connectivity index (χ0n) is 15.7. The fraction of sp³-hybridized carbons (Fsp3) is 0.350. The zero-order valence-corrected chi connectivity index (χ0v) is 15.7. The van der Waals surface area contributed by atoms with Gasteiger partial charge in [-0.3, -0.25) is 0 Å². The van der Waals surface area contributed by atoms with Crippen LogP contribution in [0.3, 0.4) is 0 Å². The number of hydrogen-bond donors (Lipinski definition) is 0. The topological polar surface area (TPSA) is 21.6 Å². The summed E-state index contributed by atoms with van der Waals surface area (Å²) in [5.74, 6) is 0. The third-order valence-corrected chi connectivity index (χ3v) is 4.94. The molecule has 1 unspecified atom stereocenters. The van der Waals surface area contributed by atoms with E-state index in [9.17, 15) is 39.5 Å². The molecule has 0 radical (unpaired) electrons. The Balaban J connectivity index is 2.12. The normalized spacial score (nSPS) is 19.9. The minimum Gasteiger partial charge on any atom is -0.374 e. The molecule has 11 heteroatoms. The SMILES string of the molecule is CCc1ccc(C2=NOC(c3cc(C(F)(F)F)cc(C(F)(F)F)c3)(C(F)(F)F)C2)cc1. The Bertz CT molecular complexity index is 955. The van der Waals surface area contributed by atoms with Crippen molar-refractivity contribution in [3.8, 4) is 0 Å². The van der Waals surface area contributed by atoms with Crippen molar-refractivity contribution in [1.82, 2.24) is 0 Å². The predicted molar refractivity (Wildman–Crippen MR) is 92.2 cm³/mol. The maximum Gasteiger partial charge on any atom is 0.435 e. The molecule has 3 rings (SSSR count). The fourth-order valence-electron chi connectivity index (χ4n) is 3.18. The van der Waals surface area contributed by atoms with Gasteiger partial charge in [-0.15, -0.1) is 0 Å². The van der Waals surface area contributed by atoms with Gasteiger partial charge >= 0.3 is 18.5 Å². The first-order valence-electron chi connectivity index (χ1n) is 8.88. The molecule has 1 atom stereocenters. The molecule has 0 N–H and O–H groups in total. The summed E-state index contributed by atoms with van der Waals surface area (Å²) in [6.45, 7) is 1.85. The van der Waals surface area contributed by atoms with E-state index in [-0.39, 0.29) is 29.5 Å². The molecule has 0 amide bonds. The average molecular weight is 455 g/mol. The third-order valence-electron chi connectivity index (χ3n) is 4.94. The number of rotatable bonds is 3. The van der Waals surface area contributed by atoms with Crippen molar-refractivity contribution in [3.05, 3.63) is 70.3 Å². The largest absolute Gasteiger partial charge is 0.435 e. The van der Waals surface area contributed by atoms with E-state index in [1.165, 1.54) is 12.1 Å². The first-order valence-corrected chi connectivity index (χ1v) is 8.88. The molecule has 0 saturated carbocycles. The molecule has 0 aromatic heterocycles. The van der Waals surface area contributed by atoms with Gasteiger partial charge in [0, 0.05) is 12.0 Å². The zero-order chi connectivity index (χ0) is 23.2. The molecule has 31 heavy (non-hydrogen) atoms. The molecule has 168 valence electrons. The summed E-state index contributed by atoms with van der Waals surface area (Å²) in [6.07, 6.45) is -16.4. The lowest BCUT2D eigenvalue weighted by molar-refractivity contribution is -0.276. The number of hydrogen-bond acceptors (Lipinski definition) is 2. The van der Waals surface area contributed by atoms with Crippen molar-refractivity contribution in [2.24, 2.45) is 5.16 Å². The van der Waals surface area contributed by atoms with Gasteiger partial charge in [-0.1, -0.05) is 36.3 Å². The highest BCUT2D eigenvalue weighted by atomic mass is 19.4. The van der Waals surface area contributed by atoms with Gasteiger partial charge in [0.25, 0.3) is 5.60 Å². The minimum absolute atomic E-state index is 0.0152. The van der Waals surface area contributed by atoms with E-state index >= 15 is 0 Å². The number of benzene rings is 2. The number of alkyl halides is 9. The number of nitrogens with zero attached hydrogens (tertiary/aromatic N) is 1. The molecule has 0 spiro atoms. The van der Waals surface area contributed by atoms with Crippen LogP contribution in [-0.2, 0) is 29.2 Å². The van der Waals surface area contributed by atoms with Crippen LogP contribution in [0.25, 0.3) is 0 Å². The van der Waals surface area contributed by atoms with Crippen LogP contribution in [0.1, 0.15) is 41.2 Å². The van der Waals surface area contributed by atoms with Crippen molar-refractivity contribution < 1.29 is 44.4 Å². The second-order valence-corrected chi connectivity index (χ2v) is 6.98. The van der Waals surface area contributed by atoms with Crippen molar-refractivity contribution in [1.29, 1.82) is 0 Å². The van der Waals surface area contributed by atoms with Crippen LogP contribution >= 0.6 is 0 Å². The standard InChI is InChI=1S/C20H14F9NO/c1-2-11-3-5-12(6-4-11)16-10-17(31-30-16,20(27,28)29)13-7-14(18(21,22)23)9-15(8-13)19(24,25)26/h3-9H,2,10H2,1H3. The quantitative estimate of drug-likeness (QED) is 0.463. The first kappa shape index (κ1) is 23.0. The van der Waals surface area contributed by atoms with E-state index in [1.807, 2.05) is 6.92 Å². The van der Waals surface area contributed by atoms with Gasteiger partial charge in [-0.05, 0) is 35.7 Å². The summed E-state index contributed by atoms with van der Waals surface area (Å²) in [5.41, 5.74) is -7.72. The molecule has 2 aromatic rings. The van der Waals surface area contributed by atoms with Crippen molar-refractivity contribution >= 4 is 5.71 Å². The highest BCUT2D eigenvalue weighted by Crippen LogP contribution is 2.50. The van der Waals surface area contributed by atoms with E-state index in [1.54, 1.807) is 12.1 Å².